The van der Waals surface area contributed by atoms with Gasteiger partial charge in [-0.25, -0.2) is 13.8 Å². The molecule has 0 saturated heterocycles. The van der Waals surface area contributed by atoms with Crippen molar-refractivity contribution in [1.82, 2.24) is 9.13 Å². The number of halogens is 1. The first-order valence-corrected chi connectivity index (χ1v) is 9.90. The lowest BCUT2D eigenvalue weighted by Crippen LogP contribution is -2.39. The number of nitrogens with zero attached hydrogens (tertiary/aromatic N) is 2. The van der Waals surface area contributed by atoms with E-state index in [1.165, 1.54) is 28.8 Å². The first-order valence-electron chi connectivity index (χ1n) is 9.90. The largest absolute Gasteiger partial charge is 0.388 e. The first kappa shape index (κ1) is 21.1. The van der Waals surface area contributed by atoms with Crippen molar-refractivity contribution >= 4 is 22.8 Å². The molecule has 0 aliphatic heterocycles. The van der Waals surface area contributed by atoms with Gasteiger partial charge in [0.1, 0.15) is 12.4 Å². The fourth-order valence-electron chi connectivity index (χ4n) is 3.48. The Hall–Kier alpha value is -4.10. The molecule has 0 spiro atoms. The van der Waals surface area contributed by atoms with Crippen LogP contribution in [-0.2, 0) is 11.3 Å². The topological polar surface area (TPSA) is 81.3 Å². The number of benzene rings is 3. The average Bonchev–Trinajstić information content (AvgIpc) is 2.82. The van der Waals surface area contributed by atoms with Crippen molar-refractivity contribution in [3.63, 3.8) is 0 Å². The number of aliphatic hydroxyl groups is 1. The van der Waals surface area contributed by atoms with Gasteiger partial charge in [-0.2, -0.15) is 0 Å². The van der Waals surface area contributed by atoms with E-state index in [1.807, 2.05) is 0 Å². The molecule has 4 rings (SSSR count). The molecule has 6 nitrogen and oxygen atoms in total. The standard InChI is InChI=1S/C25H19FN2O4/c26-21-6-2-4-8-23(21)28-24(31)20-5-1-3-7-22(20)27(25(28)32)15-18-11-9-17(10-12-18)13-14-19(30)16-29/h1-14,29H,15-16H2/b14-13+. The number of hydrogen-bond donors (Lipinski definition) is 1. The van der Waals surface area contributed by atoms with Gasteiger partial charge in [-0.05, 0) is 41.5 Å². The maximum Gasteiger partial charge on any atom is 0.336 e. The molecule has 0 saturated carbocycles. The molecule has 0 bridgehead atoms. The zero-order valence-corrected chi connectivity index (χ0v) is 16.9. The number of para-hydroxylation sites is 2. The number of aliphatic hydroxyl groups excluding tert-OH is 1. The molecular weight excluding hydrogens is 411 g/mol. The maximum absolute atomic E-state index is 14.4. The molecule has 4 aromatic rings. The number of rotatable bonds is 6. The number of carbonyl (C=O) groups is 1. The van der Waals surface area contributed by atoms with Crippen molar-refractivity contribution in [3.8, 4) is 5.69 Å². The zero-order chi connectivity index (χ0) is 22.7. The number of ketones is 1. The summed E-state index contributed by atoms with van der Waals surface area (Å²) >= 11 is 0. The smallest absolute Gasteiger partial charge is 0.336 e. The summed E-state index contributed by atoms with van der Waals surface area (Å²) in [7, 11) is 0. The van der Waals surface area contributed by atoms with Gasteiger partial charge in [0.25, 0.3) is 5.56 Å². The van der Waals surface area contributed by atoms with Crippen LogP contribution in [0.4, 0.5) is 4.39 Å². The Labute approximate surface area is 182 Å². The van der Waals surface area contributed by atoms with Crippen molar-refractivity contribution in [1.29, 1.82) is 0 Å². The monoisotopic (exact) mass is 430 g/mol. The van der Waals surface area contributed by atoms with E-state index in [0.29, 0.717) is 10.9 Å². The lowest BCUT2D eigenvalue weighted by Gasteiger charge is -2.15. The molecule has 0 radical (unpaired) electrons. The molecule has 1 heterocycles. The predicted octanol–water partition coefficient (Wildman–Crippen LogP) is 2.91. The minimum Gasteiger partial charge on any atom is -0.388 e. The summed E-state index contributed by atoms with van der Waals surface area (Å²) in [6.07, 6.45) is 2.87. The van der Waals surface area contributed by atoms with E-state index in [2.05, 4.69) is 0 Å². The van der Waals surface area contributed by atoms with E-state index < -0.39 is 29.5 Å². The van der Waals surface area contributed by atoms with Crippen LogP contribution in [0, 0.1) is 5.82 Å². The van der Waals surface area contributed by atoms with Gasteiger partial charge in [0.05, 0.1) is 23.1 Å². The lowest BCUT2D eigenvalue weighted by molar-refractivity contribution is -0.117. The Bertz CT molecular complexity index is 1450. The van der Waals surface area contributed by atoms with Crippen molar-refractivity contribution in [2.24, 2.45) is 0 Å². The molecule has 160 valence electrons. The normalized spacial score (nSPS) is 11.3. The molecule has 0 fully saturated rings. The van der Waals surface area contributed by atoms with Gasteiger partial charge in [0, 0.05) is 0 Å². The molecule has 32 heavy (non-hydrogen) atoms. The van der Waals surface area contributed by atoms with Gasteiger partial charge in [-0.15, -0.1) is 0 Å². The molecule has 0 aliphatic rings. The third kappa shape index (κ3) is 4.06. The minimum atomic E-state index is -0.665. The number of hydrogen-bond acceptors (Lipinski definition) is 4. The highest BCUT2D eigenvalue weighted by Crippen LogP contribution is 2.15. The van der Waals surface area contributed by atoms with E-state index >= 15 is 0 Å². The molecule has 0 aliphatic carbocycles. The number of fused-ring (bicyclic) bond motifs is 1. The minimum absolute atomic E-state index is 0.101. The van der Waals surface area contributed by atoms with Gasteiger partial charge in [0.15, 0.2) is 5.78 Å². The Morgan fingerprint density at radius 1 is 0.938 bits per heavy atom. The second-order valence-electron chi connectivity index (χ2n) is 7.18. The van der Waals surface area contributed by atoms with Crippen LogP contribution in [0.15, 0.2) is 88.5 Å². The molecule has 7 heteroatoms. The number of carbonyl (C=O) groups excluding carboxylic acids is 1. The SMILES string of the molecule is O=C(/C=C/c1ccc(Cn2c(=O)n(-c3ccccc3F)c(=O)c3ccccc32)cc1)CO. The summed E-state index contributed by atoms with van der Waals surface area (Å²) in [4.78, 5) is 37.6. The van der Waals surface area contributed by atoms with E-state index in [0.717, 1.165) is 15.7 Å². The zero-order valence-electron chi connectivity index (χ0n) is 16.9. The summed E-state index contributed by atoms with van der Waals surface area (Å²) < 4.78 is 16.7. The Morgan fingerprint density at radius 2 is 1.62 bits per heavy atom. The van der Waals surface area contributed by atoms with Crippen LogP contribution in [-0.4, -0.2) is 26.6 Å². The van der Waals surface area contributed by atoms with Crippen LogP contribution in [0.1, 0.15) is 11.1 Å². The van der Waals surface area contributed by atoms with Gasteiger partial charge in [-0.3, -0.25) is 14.2 Å². The fourth-order valence-corrected chi connectivity index (χ4v) is 3.48. The number of aromatic nitrogens is 2. The van der Waals surface area contributed by atoms with Crippen molar-refractivity contribution in [2.45, 2.75) is 6.54 Å². The molecule has 0 unspecified atom stereocenters. The van der Waals surface area contributed by atoms with Crippen LogP contribution in [0.5, 0.6) is 0 Å². The van der Waals surface area contributed by atoms with E-state index in [9.17, 15) is 18.8 Å². The highest BCUT2D eigenvalue weighted by molar-refractivity contribution is 5.94. The van der Waals surface area contributed by atoms with E-state index in [-0.39, 0.29) is 12.2 Å². The third-order valence-electron chi connectivity index (χ3n) is 5.08. The van der Waals surface area contributed by atoms with Crippen LogP contribution < -0.4 is 11.2 Å². The average molecular weight is 430 g/mol. The third-order valence-corrected chi connectivity index (χ3v) is 5.08. The van der Waals surface area contributed by atoms with Gasteiger partial charge in [-0.1, -0.05) is 54.6 Å². The Balaban J connectivity index is 1.82. The molecule has 0 amide bonds. The van der Waals surface area contributed by atoms with E-state index in [1.54, 1.807) is 60.7 Å². The second-order valence-corrected chi connectivity index (χ2v) is 7.18. The summed E-state index contributed by atoms with van der Waals surface area (Å²) in [5.41, 5.74) is 0.659. The van der Waals surface area contributed by atoms with Gasteiger partial charge >= 0.3 is 5.69 Å². The highest BCUT2D eigenvalue weighted by atomic mass is 19.1. The van der Waals surface area contributed by atoms with Crippen LogP contribution in [0.2, 0.25) is 0 Å². The Morgan fingerprint density at radius 3 is 2.34 bits per heavy atom. The first-order chi connectivity index (χ1) is 15.5. The summed E-state index contributed by atoms with van der Waals surface area (Å²) in [5.74, 6) is -1.07. The van der Waals surface area contributed by atoms with Crippen LogP contribution in [0.3, 0.4) is 0 Å². The summed E-state index contributed by atoms with van der Waals surface area (Å²) in [5, 5.41) is 9.10. The second kappa shape index (κ2) is 8.95. The molecule has 1 N–H and O–H groups in total. The predicted molar refractivity (Wildman–Crippen MR) is 120 cm³/mol. The summed E-state index contributed by atoms with van der Waals surface area (Å²) in [6, 6.07) is 19.5. The quantitative estimate of drug-likeness (QED) is 0.477. The molecular formula is C25H19FN2O4. The Kier molecular flexibility index (Phi) is 5.91. The van der Waals surface area contributed by atoms with E-state index in [4.69, 9.17) is 5.11 Å². The van der Waals surface area contributed by atoms with Crippen LogP contribution in [0.25, 0.3) is 22.7 Å². The molecule has 3 aromatic carbocycles. The lowest BCUT2D eigenvalue weighted by atomic mass is 10.1. The highest BCUT2D eigenvalue weighted by Gasteiger charge is 2.16. The van der Waals surface area contributed by atoms with Gasteiger partial charge in [0.2, 0.25) is 0 Å². The maximum atomic E-state index is 14.4. The summed E-state index contributed by atoms with van der Waals surface area (Å²) in [6.45, 7) is -0.393. The van der Waals surface area contributed by atoms with Crippen molar-refractivity contribution in [3.05, 3.63) is 117 Å². The van der Waals surface area contributed by atoms with Crippen molar-refractivity contribution in [2.75, 3.05) is 6.61 Å². The molecule has 0 atom stereocenters. The van der Waals surface area contributed by atoms with Crippen LogP contribution >= 0.6 is 0 Å². The van der Waals surface area contributed by atoms with Crippen molar-refractivity contribution < 1.29 is 14.3 Å². The van der Waals surface area contributed by atoms with Gasteiger partial charge < -0.3 is 5.11 Å². The fraction of sp³-hybridized carbons (Fsp3) is 0.0800. The molecule has 1 aromatic heterocycles.